The van der Waals surface area contributed by atoms with Crippen molar-refractivity contribution in [3.05, 3.63) is 53.1 Å². The average Bonchev–Trinajstić information content (AvgIpc) is 3.22. The number of nitrogens with one attached hydrogen (secondary N) is 1. The molecule has 1 aliphatic heterocycles. The highest BCUT2D eigenvalue weighted by atomic mass is 32.1. The first kappa shape index (κ1) is 14.5. The Bertz CT molecular complexity index is 789. The van der Waals surface area contributed by atoms with Crippen LogP contribution >= 0.6 is 11.3 Å². The second-order valence-electron chi connectivity index (χ2n) is 5.98. The average molecular weight is 325 g/mol. The van der Waals surface area contributed by atoms with Crippen molar-refractivity contribution in [2.45, 2.75) is 38.9 Å². The third kappa shape index (κ3) is 3.18. The van der Waals surface area contributed by atoms with Crippen molar-refractivity contribution in [2.75, 3.05) is 0 Å². The summed E-state index contributed by atoms with van der Waals surface area (Å²) in [6.45, 7) is 3.80. The summed E-state index contributed by atoms with van der Waals surface area (Å²) in [5.74, 6) is 1.10. The molecule has 3 heterocycles. The van der Waals surface area contributed by atoms with Crippen molar-refractivity contribution in [3.63, 3.8) is 0 Å². The molecular formula is C17H19N5S. The fourth-order valence-corrected chi connectivity index (χ4v) is 3.70. The molecule has 0 saturated carbocycles. The predicted molar refractivity (Wildman–Crippen MR) is 91.3 cm³/mol. The molecular weight excluding hydrogens is 306 g/mol. The van der Waals surface area contributed by atoms with Gasteiger partial charge in [-0.05, 0) is 13.3 Å². The van der Waals surface area contributed by atoms with E-state index in [4.69, 9.17) is 4.98 Å². The van der Waals surface area contributed by atoms with Crippen LogP contribution in [0.4, 0.5) is 0 Å². The van der Waals surface area contributed by atoms with E-state index < -0.39 is 0 Å². The lowest BCUT2D eigenvalue weighted by Crippen LogP contribution is -2.37. The minimum absolute atomic E-state index is 0.439. The first-order valence-corrected chi connectivity index (χ1v) is 8.77. The Morgan fingerprint density at radius 3 is 3.04 bits per heavy atom. The lowest BCUT2D eigenvalue weighted by Gasteiger charge is -2.23. The number of hydrogen-bond acceptors (Lipinski definition) is 5. The van der Waals surface area contributed by atoms with Crippen LogP contribution in [0.1, 0.15) is 23.5 Å². The molecule has 1 aliphatic rings. The van der Waals surface area contributed by atoms with Crippen LogP contribution in [0.25, 0.3) is 10.6 Å². The van der Waals surface area contributed by atoms with Crippen LogP contribution in [0.5, 0.6) is 0 Å². The molecule has 0 amide bonds. The monoisotopic (exact) mass is 325 g/mol. The lowest BCUT2D eigenvalue weighted by molar-refractivity contribution is 0.357. The SMILES string of the molecule is Cc1ccc(-c2nc(CN[C@H]3CCc4ncnn4C3)cs2)cc1. The Morgan fingerprint density at radius 1 is 1.30 bits per heavy atom. The number of hydrogen-bond donors (Lipinski definition) is 1. The highest BCUT2D eigenvalue weighted by molar-refractivity contribution is 7.13. The summed E-state index contributed by atoms with van der Waals surface area (Å²) in [7, 11) is 0. The zero-order valence-corrected chi connectivity index (χ0v) is 13.9. The second kappa shape index (κ2) is 6.22. The summed E-state index contributed by atoms with van der Waals surface area (Å²) < 4.78 is 2.00. The zero-order valence-electron chi connectivity index (χ0n) is 13.1. The Balaban J connectivity index is 1.38. The van der Waals surface area contributed by atoms with Crippen molar-refractivity contribution < 1.29 is 0 Å². The Kier molecular flexibility index (Phi) is 3.93. The molecule has 4 rings (SSSR count). The largest absolute Gasteiger partial charge is 0.306 e. The minimum Gasteiger partial charge on any atom is -0.306 e. The highest BCUT2D eigenvalue weighted by Gasteiger charge is 2.19. The molecule has 1 aromatic carbocycles. The van der Waals surface area contributed by atoms with E-state index >= 15 is 0 Å². The molecule has 23 heavy (non-hydrogen) atoms. The van der Waals surface area contributed by atoms with Gasteiger partial charge in [0.15, 0.2) is 0 Å². The molecule has 0 spiro atoms. The molecule has 0 bridgehead atoms. The van der Waals surface area contributed by atoms with E-state index in [0.29, 0.717) is 6.04 Å². The highest BCUT2D eigenvalue weighted by Crippen LogP contribution is 2.24. The number of aryl methyl sites for hydroxylation is 2. The second-order valence-corrected chi connectivity index (χ2v) is 6.84. The maximum atomic E-state index is 4.75. The van der Waals surface area contributed by atoms with E-state index in [2.05, 4.69) is 52.0 Å². The van der Waals surface area contributed by atoms with E-state index in [1.165, 1.54) is 11.1 Å². The van der Waals surface area contributed by atoms with Gasteiger partial charge in [0.25, 0.3) is 0 Å². The Hall–Kier alpha value is -2.05. The van der Waals surface area contributed by atoms with E-state index in [0.717, 1.165) is 42.5 Å². The third-order valence-electron chi connectivity index (χ3n) is 4.23. The van der Waals surface area contributed by atoms with E-state index in [1.54, 1.807) is 17.7 Å². The van der Waals surface area contributed by atoms with Gasteiger partial charge in [0.1, 0.15) is 17.2 Å². The first-order chi connectivity index (χ1) is 11.3. The standard InChI is InChI=1S/C17H19N5S/c1-12-2-4-13(5-3-12)17-21-15(10-23-17)8-18-14-6-7-16-19-11-20-22(16)9-14/h2-5,10-11,14,18H,6-9H2,1H3/t14-/m0/s1. The van der Waals surface area contributed by atoms with E-state index in [-0.39, 0.29) is 0 Å². The molecule has 0 fully saturated rings. The van der Waals surface area contributed by atoms with Crippen molar-refractivity contribution in [2.24, 2.45) is 0 Å². The molecule has 0 unspecified atom stereocenters. The predicted octanol–water partition coefficient (Wildman–Crippen LogP) is 2.81. The number of rotatable bonds is 4. The molecule has 0 aliphatic carbocycles. The van der Waals surface area contributed by atoms with E-state index in [1.807, 2.05) is 4.68 Å². The zero-order chi connectivity index (χ0) is 15.6. The van der Waals surface area contributed by atoms with Crippen LogP contribution < -0.4 is 5.32 Å². The molecule has 118 valence electrons. The first-order valence-electron chi connectivity index (χ1n) is 7.89. The summed E-state index contributed by atoms with van der Waals surface area (Å²) in [6.07, 6.45) is 3.74. The van der Waals surface area contributed by atoms with Crippen LogP contribution in [-0.2, 0) is 19.5 Å². The van der Waals surface area contributed by atoms with Gasteiger partial charge in [-0.1, -0.05) is 29.8 Å². The summed E-state index contributed by atoms with van der Waals surface area (Å²) in [5, 5.41) is 11.1. The molecule has 6 heteroatoms. The minimum atomic E-state index is 0.439. The summed E-state index contributed by atoms with van der Waals surface area (Å²) in [6, 6.07) is 8.98. The number of benzene rings is 1. The van der Waals surface area contributed by atoms with Crippen molar-refractivity contribution in [3.8, 4) is 10.6 Å². The van der Waals surface area contributed by atoms with Gasteiger partial charge in [-0.2, -0.15) is 5.10 Å². The Morgan fingerprint density at radius 2 is 2.17 bits per heavy atom. The third-order valence-corrected chi connectivity index (χ3v) is 5.17. The quantitative estimate of drug-likeness (QED) is 0.801. The van der Waals surface area contributed by atoms with Gasteiger partial charge in [0.05, 0.1) is 12.2 Å². The fraction of sp³-hybridized carbons (Fsp3) is 0.353. The van der Waals surface area contributed by atoms with E-state index in [9.17, 15) is 0 Å². The molecule has 0 radical (unpaired) electrons. The Labute approximate surface area is 139 Å². The molecule has 1 atom stereocenters. The van der Waals surface area contributed by atoms with Crippen molar-refractivity contribution in [1.29, 1.82) is 0 Å². The van der Waals surface area contributed by atoms with Crippen LogP contribution in [-0.4, -0.2) is 25.8 Å². The van der Waals surface area contributed by atoms with Gasteiger partial charge in [0.2, 0.25) is 0 Å². The smallest absolute Gasteiger partial charge is 0.138 e. The number of aromatic nitrogens is 4. The van der Waals surface area contributed by atoms with Gasteiger partial charge >= 0.3 is 0 Å². The number of thiazole rings is 1. The summed E-state index contributed by atoms with van der Waals surface area (Å²) >= 11 is 1.71. The molecule has 1 N–H and O–H groups in total. The topological polar surface area (TPSA) is 55.6 Å². The van der Waals surface area contributed by atoms with Crippen LogP contribution in [0.15, 0.2) is 36.0 Å². The molecule has 0 saturated heterocycles. The van der Waals surface area contributed by atoms with Crippen molar-refractivity contribution in [1.82, 2.24) is 25.1 Å². The maximum Gasteiger partial charge on any atom is 0.138 e. The number of fused-ring (bicyclic) bond motifs is 1. The van der Waals surface area contributed by atoms with Gasteiger partial charge in [-0.15, -0.1) is 11.3 Å². The van der Waals surface area contributed by atoms with Gasteiger partial charge in [-0.25, -0.2) is 14.6 Å². The summed E-state index contributed by atoms with van der Waals surface area (Å²) in [4.78, 5) is 9.02. The molecule has 2 aromatic heterocycles. The fourth-order valence-electron chi connectivity index (χ4n) is 2.87. The molecule has 3 aromatic rings. The summed E-state index contributed by atoms with van der Waals surface area (Å²) in [5.41, 5.74) is 3.57. The lowest BCUT2D eigenvalue weighted by atomic mass is 10.1. The van der Waals surface area contributed by atoms with Crippen LogP contribution in [0.2, 0.25) is 0 Å². The van der Waals surface area contributed by atoms with Crippen LogP contribution in [0, 0.1) is 6.92 Å². The van der Waals surface area contributed by atoms with Crippen LogP contribution in [0.3, 0.4) is 0 Å². The molecule has 5 nitrogen and oxygen atoms in total. The normalized spacial score (nSPS) is 17.2. The van der Waals surface area contributed by atoms with Crippen molar-refractivity contribution >= 4 is 11.3 Å². The van der Waals surface area contributed by atoms with Gasteiger partial charge in [-0.3, -0.25) is 0 Å². The van der Waals surface area contributed by atoms with Gasteiger partial charge in [0, 0.05) is 30.0 Å². The number of nitrogens with zero attached hydrogens (tertiary/aromatic N) is 4. The maximum absolute atomic E-state index is 4.75. The van der Waals surface area contributed by atoms with Gasteiger partial charge < -0.3 is 5.32 Å².